The Kier molecular flexibility index (Phi) is 6.63. The second-order valence-corrected chi connectivity index (χ2v) is 8.88. The summed E-state index contributed by atoms with van der Waals surface area (Å²) in [6, 6.07) is 13.2. The minimum Gasteiger partial charge on any atom is -0.490 e. The fourth-order valence-electron chi connectivity index (χ4n) is 4.18. The molecular formula is C25H25FN2O4S. The van der Waals surface area contributed by atoms with Crippen LogP contribution in [0.4, 0.5) is 4.39 Å². The van der Waals surface area contributed by atoms with Crippen LogP contribution in [-0.2, 0) is 10.5 Å². The summed E-state index contributed by atoms with van der Waals surface area (Å²) in [6.07, 6.45) is 0.885. The summed E-state index contributed by atoms with van der Waals surface area (Å²) in [5.41, 5.74) is -0.0299. The molecule has 1 N–H and O–H groups in total. The number of thioether (sulfide) groups is 1. The second kappa shape index (κ2) is 9.46. The minimum absolute atomic E-state index is 0.0250. The number of fused-ring (bicyclic) bond motifs is 1. The zero-order valence-electron chi connectivity index (χ0n) is 18.5. The van der Waals surface area contributed by atoms with Gasteiger partial charge in [0, 0.05) is 17.9 Å². The predicted octanol–water partition coefficient (Wildman–Crippen LogP) is 4.66. The molecule has 0 aliphatic carbocycles. The van der Waals surface area contributed by atoms with Crippen molar-refractivity contribution in [2.75, 3.05) is 19.0 Å². The highest BCUT2D eigenvalue weighted by Crippen LogP contribution is 2.52. The van der Waals surface area contributed by atoms with E-state index in [0.29, 0.717) is 40.9 Å². The first kappa shape index (κ1) is 23.1. The maximum Gasteiger partial charge on any atom is 0.231 e. The summed E-state index contributed by atoms with van der Waals surface area (Å²) in [6.45, 7) is 4.91. The van der Waals surface area contributed by atoms with Crippen molar-refractivity contribution in [1.29, 1.82) is 5.26 Å². The molecular weight excluding hydrogens is 443 g/mol. The van der Waals surface area contributed by atoms with E-state index in [1.807, 2.05) is 32.0 Å². The highest BCUT2D eigenvalue weighted by molar-refractivity contribution is 8.03. The van der Waals surface area contributed by atoms with Gasteiger partial charge in [-0.05, 0) is 43.2 Å². The van der Waals surface area contributed by atoms with Crippen LogP contribution in [-0.4, -0.2) is 34.9 Å². The third kappa shape index (κ3) is 4.19. The number of nitrogens with zero attached hydrogens (tertiary/aromatic N) is 2. The summed E-state index contributed by atoms with van der Waals surface area (Å²) < 4.78 is 24.9. The molecule has 33 heavy (non-hydrogen) atoms. The van der Waals surface area contributed by atoms with Gasteiger partial charge in [0.05, 0.1) is 35.6 Å². The number of allylic oxidation sites excluding steroid dienone is 1. The van der Waals surface area contributed by atoms with Gasteiger partial charge in [0.2, 0.25) is 5.91 Å². The SMILES string of the molecule is CCCOc1ccc([C@@H]2CC(=O)N3C(=C2C#N)SC[C@]3(O)c2ccc(F)cc2)cc1OCC. The molecule has 6 nitrogen and oxygen atoms in total. The summed E-state index contributed by atoms with van der Waals surface area (Å²) in [7, 11) is 0. The number of hydrogen-bond donors (Lipinski definition) is 1. The van der Waals surface area contributed by atoms with Gasteiger partial charge in [-0.2, -0.15) is 5.26 Å². The number of carbonyl (C=O) groups is 1. The lowest BCUT2D eigenvalue weighted by atomic mass is 9.85. The number of hydrogen-bond acceptors (Lipinski definition) is 6. The van der Waals surface area contributed by atoms with Gasteiger partial charge in [0.1, 0.15) is 5.82 Å². The van der Waals surface area contributed by atoms with Crippen LogP contribution in [0.1, 0.15) is 43.7 Å². The van der Waals surface area contributed by atoms with Crippen LogP contribution in [0.25, 0.3) is 0 Å². The van der Waals surface area contributed by atoms with Crippen LogP contribution < -0.4 is 9.47 Å². The van der Waals surface area contributed by atoms with E-state index < -0.39 is 17.5 Å². The first-order valence-electron chi connectivity index (χ1n) is 10.9. The van der Waals surface area contributed by atoms with E-state index in [1.165, 1.54) is 40.9 Å². The quantitative estimate of drug-likeness (QED) is 0.637. The highest BCUT2D eigenvalue weighted by atomic mass is 32.2. The van der Waals surface area contributed by atoms with Crippen molar-refractivity contribution in [2.45, 2.75) is 38.3 Å². The molecule has 2 aliphatic heterocycles. The average molecular weight is 469 g/mol. The first-order valence-corrected chi connectivity index (χ1v) is 11.9. The van der Waals surface area contributed by atoms with Crippen molar-refractivity contribution in [2.24, 2.45) is 0 Å². The van der Waals surface area contributed by atoms with Gasteiger partial charge < -0.3 is 14.6 Å². The Bertz CT molecular complexity index is 1130. The van der Waals surface area contributed by atoms with E-state index in [2.05, 4.69) is 6.07 Å². The molecule has 0 saturated carbocycles. The Morgan fingerprint density at radius 3 is 2.64 bits per heavy atom. The van der Waals surface area contributed by atoms with E-state index in [9.17, 15) is 19.6 Å². The van der Waals surface area contributed by atoms with E-state index in [4.69, 9.17) is 9.47 Å². The number of halogens is 1. The first-order chi connectivity index (χ1) is 15.9. The van der Waals surface area contributed by atoms with Crippen LogP contribution in [0.3, 0.4) is 0 Å². The Morgan fingerprint density at radius 2 is 1.97 bits per heavy atom. The highest BCUT2D eigenvalue weighted by Gasteiger charge is 2.51. The zero-order chi connectivity index (χ0) is 23.6. The Labute approximate surface area is 196 Å². The van der Waals surface area contributed by atoms with Gasteiger partial charge in [-0.15, -0.1) is 11.8 Å². The van der Waals surface area contributed by atoms with Gasteiger partial charge in [-0.1, -0.05) is 25.1 Å². The molecule has 2 aromatic carbocycles. The number of nitriles is 1. The third-order valence-electron chi connectivity index (χ3n) is 5.75. The largest absolute Gasteiger partial charge is 0.490 e. The number of rotatable bonds is 7. The molecule has 2 aliphatic rings. The van der Waals surface area contributed by atoms with Crippen LogP contribution in [0, 0.1) is 17.1 Å². The summed E-state index contributed by atoms with van der Waals surface area (Å²) in [5.74, 6) is 0.168. The molecule has 2 heterocycles. The molecule has 0 unspecified atom stereocenters. The fourth-order valence-corrected chi connectivity index (χ4v) is 5.54. The summed E-state index contributed by atoms with van der Waals surface area (Å²) in [4.78, 5) is 14.6. The molecule has 0 bridgehead atoms. The maximum atomic E-state index is 13.4. The van der Waals surface area contributed by atoms with Crippen molar-refractivity contribution in [3.05, 3.63) is 70.0 Å². The lowest BCUT2D eigenvalue weighted by molar-refractivity contribution is -0.149. The Balaban J connectivity index is 1.73. The molecule has 8 heteroatoms. The molecule has 172 valence electrons. The predicted molar refractivity (Wildman–Crippen MR) is 123 cm³/mol. The molecule has 2 atom stereocenters. The molecule has 0 aromatic heterocycles. The van der Waals surface area contributed by atoms with Gasteiger partial charge >= 0.3 is 0 Å². The summed E-state index contributed by atoms with van der Waals surface area (Å²) in [5, 5.41) is 21.9. The maximum absolute atomic E-state index is 13.4. The number of amides is 1. The van der Waals surface area contributed by atoms with Crippen LogP contribution in [0.2, 0.25) is 0 Å². The van der Waals surface area contributed by atoms with Gasteiger partial charge in [-0.3, -0.25) is 9.69 Å². The van der Waals surface area contributed by atoms with Crippen LogP contribution in [0.5, 0.6) is 11.5 Å². The number of carbonyl (C=O) groups excluding carboxylic acids is 1. The van der Waals surface area contributed by atoms with Crippen molar-refractivity contribution in [1.82, 2.24) is 4.90 Å². The molecule has 1 fully saturated rings. The van der Waals surface area contributed by atoms with Crippen molar-refractivity contribution in [3.8, 4) is 17.6 Å². The van der Waals surface area contributed by atoms with Gasteiger partial charge in [-0.25, -0.2) is 4.39 Å². The van der Waals surface area contributed by atoms with E-state index in [-0.39, 0.29) is 18.1 Å². The molecule has 1 saturated heterocycles. The number of benzene rings is 2. The monoisotopic (exact) mass is 468 g/mol. The topological polar surface area (TPSA) is 82.8 Å². The Hall–Kier alpha value is -3.02. The number of ether oxygens (including phenoxy) is 2. The van der Waals surface area contributed by atoms with E-state index in [0.717, 1.165) is 12.0 Å². The average Bonchev–Trinajstić information content (AvgIpc) is 3.17. The standard InChI is InChI=1S/C25H25FN2O4S/c1-3-11-32-21-10-5-16(12-22(21)31-4-2)19-13-23(29)28-24(20(19)14-27)33-15-25(28,30)17-6-8-18(26)9-7-17/h5-10,12,19,30H,3-4,11,13,15H2,1-2H3/t19-,25-/m0/s1. The van der Waals surface area contributed by atoms with Gasteiger partial charge in [0.15, 0.2) is 17.2 Å². The molecule has 0 radical (unpaired) electrons. The molecule has 0 spiro atoms. The molecule has 4 rings (SSSR count). The van der Waals surface area contributed by atoms with Crippen molar-refractivity contribution < 1.29 is 23.8 Å². The zero-order valence-corrected chi connectivity index (χ0v) is 19.3. The van der Waals surface area contributed by atoms with Crippen LogP contribution in [0.15, 0.2) is 53.1 Å². The molecule has 2 aromatic rings. The lowest BCUT2D eigenvalue weighted by Crippen LogP contribution is -2.48. The minimum atomic E-state index is -1.63. The smallest absolute Gasteiger partial charge is 0.231 e. The third-order valence-corrected chi connectivity index (χ3v) is 6.97. The van der Waals surface area contributed by atoms with Crippen LogP contribution >= 0.6 is 11.8 Å². The summed E-state index contributed by atoms with van der Waals surface area (Å²) >= 11 is 1.26. The normalized spacial score (nSPS) is 22.2. The lowest BCUT2D eigenvalue weighted by Gasteiger charge is -2.38. The Morgan fingerprint density at radius 1 is 1.21 bits per heavy atom. The van der Waals surface area contributed by atoms with Gasteiger partial charge in [0.25, 0.3) is 0 Å². The van der Waals surface area contributed by atoms with E-state index in [1.54, 1.807) is 0 Å². The fraction of sp³-hybridized carbons (Fsp3) is 0.360. The van der Waals surface area contributed by atoms with Crippen molar-refractivity contribution in [3.63, 3.8) is 0 Å². The molecule has 1 amide bonds. The van der Waals surface area contributed by atoms with E-state index >= 15 is 0 Å². The number of aliphatic hydroxyl groups is 1. The van der Waals surface area contributed by atoms with Crippen molar-refractivity contribution >= 4 is 17.7 Å². The second-order valence-electron chi connectivity index (χ2n) is 7.92.